The standard InChI is InChI=1S/C14H25NO2/c1-3-13-5-4-12(2)15(13)10-14(11-16)6-8-17-9-7-14/h11-13H,3-10H2,1-2H3. The quantitative estimate of drug-likeness (QED) is 0.705. The fraction of sp³-hybridized carbons (Fsp3) is 0.929. The first kappa shape index (κ1) is 13.0. The third-order valence-electron chi connectivity index (χ3n) is 4.66. The predicted molar refractivity (Wildman–Crippen MR) is 68.0 cm³/mol. The number of carbonyl (C=O) groups is 1. The van der Waals surface area contributed by atoms with Gasteiger partial charge < -0.3 is 9.53 Å². The van der Waals surface area contributed by atoms with Gasteiger partial charge in [-0.2, -0.15) is 0 Å². The summed E-state index contributed by atoms with van der Waals surface area (Å²) in [5.74, 6) is 0. The normalized spacial score (nSPS) is 33.8. The van der Waals surface area contributed by atoms with Crippen molar-refractivity contribution in [1.29, 1.82) is 0 Å². The molecule has 0 aromatic rings. The van der Waals surface area contributed by atoms with E-state index in [0.29, 0.717) is 12.1 Å². The van der Waals surface area contributed by atoms with Gasteiger partial charge in [-0.25, -0.2) is 0 Å². The number of hydrogen-bond donors (Lipinski definition) is 0. The molecule has 0 amide bonds. The van der Waals surface area contributed by atoms with Gasteiger partial charge in [-0.15, -0.1) is 0 Å². The average molecular weight is 239 g/mol. The number of rotatable bonds is 4. The average Bonchev–Trinajstić information content (AvgIpc) is 2.72. The molecule has 3 heteroatoms. The number of carbonyl (C=O) groups excluding carboxylic acids is 1. The summed E-state index contributed by atoms with van der Waals surface area (Å²) >= 11 is 0. The molecule has 0 N–H and O–H groups in total. The molecule has 17 heavy (non-hydrogen) atoms. The van der Waals surface area contributed by atoms with Crippen molar-refractivity contribution in [3.05, 3.63) is 0 Å². The minimum Gasteiger partial charge on any atom is -0.381 e. The van der Waals surface area contributed by atoms with Gasteiger partial charge in [0.15, 0.2) is 0 Å². The number of nitrogens with zero attached hydrogens (tertiary/aromatic N) is 1. The molecule has 0 radical (unpaired) electrons. The fourth-order valence-corrected chi connectivity index (χ4v) is 3.30. The summed E-state index contributed by atoms with van der Waals surface area (Å²) in [6.07, 6.45) is 6.78. The van der Waals surface area contributed by atoms with E-state index in [2.05, 4.69) is 18.7 Å². The number of likely N-dealkylation sites (tertiary alicyclic amines) is 1. The van der Waals surface area contributed by atoms with Crippen LogP contribution in [0.3, 0.4) is 0 Å². The highest BCUT2D eigenvalue weighted by atomic mass is 16.5. The van der Waals surface area contributed by atoms with Gasteiger partial charge in [0.25, 0.3) is 0 Å². The third kappa shape index (κ3) is 2.71. The Bertz CT molecular complexity index is 261. The Kier molecular flexibility index (Phi) is 4.21. The number of ether oxygens (including phenoxy) is 1. The maximum absolute atomic E-state index is 11.5. The zero-order chi connectivity index (χ0) is 12.3. The highest BCUT2D eigenvalue weighted by Crippen LogP contribution is 2.34. The molecule has 98 valence electrons. The Morgan fingerprint density at radius 2 is 2.06 bits per heavy atom. The lowest BCUT2D eigenvalue weighted by molar-refractivity contribution is -0.123. The number of aldehydes is 1. The van der Waals surface area contributed by atoms with Crippen molar-refractivity contribution >= 4 is 6.29 Å². The van der Waals surface area contributed by atoms with Crippen molar-refractivity contribution in [3.63, 3.8) is 0 Å². The lowest BCUT2D eigenvalue weighted by atomic mass is 9.81. The molecule has 2 aliphatic rings. The maximum Gasteiger partial charge on any atom is 0.127 e. The van der Waals surface area contributed by atoms with Crippen molar-refractivity contribution in [2.75, 3.05) is 19.8 Å². The molecule has 2 unspecified atom stereocenters. The van der Waals surface area contributed by atoms with E-state index in [1.54, 1.807) is 0 Å². The van der Waals surface area contributed by atoms with Gasteiger partial charge in [0.2, 0.25) is 0 Å². The molecule has 2 saturated heterocycles. The van der Waals surface area contributed by atoms with E-state index >= 15 is 0 Å². The van der Waals surface area contributed by atoms with Gasteiger partial charge in [-0.05, 0) is 39.0 Å². The molecule has 2 fully saturated rings. The summed E-state index contributed by atoms with van der Waals surface area (Å²) in [5.41, 5.74) is -0.135. The van der Waals surface area contributed by atoms with Crippen LogP contribution in [0, 0.1) is 5.41 Å². The van der Waals surface area contributed by atoms with Gasteiger partial charge in [-0.1, -0.05) is 6.92 Å². The van der Waals surface area contributed by atoms with Crippen molar-refractivity contribution < 1.29 is 9.53 Å². The van der Waals surface area contributed by atoms with Crippen LogP contribution in [0.4, 0.5) is 0 Å². The summed E-state index contributed by atoms with van der Waals surface area (Å²) in [4.78, 5) is 14.1. The molecule has 0 aliphatic carbocycles. The summed E-state index contributed by atoms with van der Waals surface area (Å²) < 4.78 is 5.39. The van der Waals surface area contributed by atoms with Crippen LogP contribution in [-0.4, -0.2) is 43.0 Å². The van der Waals surface area contributed by atoms with Crippen LogP contribution in [0.25, 0.3) is 0 Å². The Labute approximate surface area is 105 Å². The van der Waals surface area contributed by atoms with E-state index in [1.807, 2.05) is 0 Å². The molecule has 0 saturated carbocycles. The minimum atomic E-state index is -0.135. The largest absolute Gasteiger partial charge is 0.381 e. The predicted octanol–water partition coefficient (Wildman–Crippen LogP) is 2.25. The van der Waals surface area contributed by atoms with Crippen molar-refractivity contribution in [2.24, 2.45) is 5.41 Å². The van der Waals surface area contributed by atoms with E-state index in [1.165, 1.54) is 25.5 Å². The van der Waals surface area contributed by atoms with E-state index in [9.17, 15) is 4.79 Å². The fourth-order valence-electron chi connectivity index (χ4n) is 3.30. The van der Waals surface area contributed by atoms with E-state index in [0.717, 1.165) is 32.6 Å². The Morgan fingerprint density at radius 3 is 2.65 bits per heavy atom. The first-order valence-electron chi connectivity index (χ1n) is 7.00. The van der Waals surface area contributed by atoms with Crippen LogP contribution >= 0.6 is 0 Å². The Balaban J connectivity index is 2.03. The van der Waals surface area contributed by atoms with Gasteiger partial charge in [-0.3, -0.25) is 4.90 Å². The van der Waals surface area contributed by atoms with Crippen molar-refractivity contribution in [1.82, 2.24) is 4.90 Å². The lowest BCUT2D eigenvalue weighted by Crippen LogP contribution is -2.46. The molecule has 2 rings (SSSR count). The maximum atomic E-state index is 11.5. The SMILES string of the molecule is CCC1CCC(C)N1CC1(C=O)CCOCC1. The molecule has 3 nitrogen and oxygen atoms in total. The van der Waals surface area contributed by atoms with Crippen LogP contribution in [0.2, 0.25) is 0 Å². The topological polar surface area (TPSA) is 29.5 Å². The molecular weight excluding hydrogens is 214 g/mol. The van der Waals surface area contributed by atoms with Crippen molar-refractivity contribution in [3.8, 4) is 0 Å². The monoisotopic (exact) mass is 239 g/mol. The van der Waals surface area contributed by atoms with Crippen LogP contribution < -0.4 is 0 Å². The zero-order valence-electron chi connectivity index (χ0n) is 11.2. The second-order valence-corrected chi connectivity index (χ2v) is 5.75. The minimum absolute atomic E-state index is 0.135. The molecule has 2 heterocycles. The van der Waals surface area contributed by atoms with Gasteiger partial charge in [0.05, 0.1) is 0 Å². The summed E-state index contributed by atoms with van der Waals surface area (Å²) in [7, 11) is 0. The Morgan fingerprint density at radius 1 is 1.35 bits per heavy atom. The molecule has 0 spiro atoms. The highest BCUT2D eigenvalue weighted by Gasteiger charge is 2.39. The summed E-state index contributed by atoms with van der Waals surface area (Å²) in [6.45, 7) is 7.00. The van der Waals surface area contributed by atoms with Crippen LogP contribution in [0.1, 0.15) is 46.0 Å². The molecule has 0 aromatic heterocycles. The van der Waals surface area contributed by atoms with Crippen LogP contribution in [0.15, 0.2) is 0 Å². The van der Waals surface area contributed by atoms with Crippen molar-refractivity contribution in [2.45, 2.75) is 58.0 Å². The van der Waals surface area contributed by atoms with E-state index < -0.39 is 0 Å². The highest BCUT2D eigenvalue weighted by molar-refractivity contribution is 5.60. The smallest absolute Gasteiger partial charge is 0.127 e. The van der Waals surface area contributed by atoms with Gasteiger partial charge in [0, 0.05) is 37.3 Å². The lowest BCUT2D eigenvalue weighted by Gasteiger charge is -2.39. The second kappa shape index (κ2) is 5.49. The van der Waals surface area contributed by atoms with Gasteiger partial charge in [0.1, 0.15) is 6.29 Å². The first-order valence-corrected chi connectivity index (χ1v) is 7.00. The summed E-state index contributed by atoms with van der Waals surface area (Å²) in [5, 5.41) is 0. The molecule has 0 bridgehead atoms. The summed E-state index contributed by atoms with van der Waals surface area (Å²) in [6, 6.07) is 1.32. The number of hydrogen-bond acceptors (Lipinski definition) is 3. The molecular formula is C14H25NO2. The third-order valence-corrected chi connectivity index (χ3v) is 4.66. The molecule has 0 aromatic carbocycles. The zero-order valence-corrected chi connectivity index (χ0v) is 11.2. The Hall–Kier alpha value is -0.410. The first-order chi connectivity index (χ1) is 8.21. The van der Waals surface area contributed by atoms with E-state index in [-0.39, 0.29) is 5.41 Å². The molecule has 2 atom stereocenters. The second-order valence-electron chi connectivity index (χ2n) is 5.75. The molecule has 2 aliphatic heterocycles. The van der Waals surface area contributed by atoms with Crippen LogP contribution in [0.5, 0.6) is 0 Å². The van der Waals surface area contributed by atoms with Crippen LogP contribution in [-0.2, 0) is 9.53 Å². The van der Waals surface area contributed by atoms with Gasteiger partial charge >= 0.3 is 0 Å². The van der Waals surface area contributed by atoms with E-state index in [4.69, 9.17) is 4.74 Å².